The number of ether oxygens (including phenoxy) is 2. The zero-order valence-electron chi connectivity index (χ0n) is 16.6. The number of hydrogen-bond donors (Lipinski definition) is 1. The molecule has 1 aromatic rings. The lowest BCUT2D eigenvalue weighted by Crippen LogP contribution is -2.47. The van der Waals surface area contributed by atoms with Crippen LogP contribution in [0.4, 0.5) is 25.0 Å². The van der Waals surface area contributed by atoms with Crippen molar-refractivity contribution in [3.8, 4) is 0 Å². The Morgan fingerprint density at radius 2 is 1.90 bits per heavy atom. The van der Waals surface area contributed by atoms with Gasteiger partial charge in [0.15, 0.2) is 11.6 Å². The predicted octanol–water partition coefficient (Wildman–Crippen LogP) is 1.19. The van der Waals surface area contributed by atoms with E-state index in [4.69, 9.17) is 9.47 Å². The van der Waals surface area contributed by atoms with Crippen LogP contribution < -0.4 is 15.1 Å². The molecule has 10 heteroatoms. The van der Waals surface area contributed by atoms with E-state index in [0.29, 0.717) is 32.8 Å². The Balaban J connectivity index is 1.67. The van der Waals surface area contributed by atoms with Crippen LogP contribution in [-0.2, 0) is 14.3 Å². The van der Waals surface area contributed by atoms with E-state index in [1.54, 1.807) is 12.0 Å². The molecular formula is C19H26F2N4O4. The summed E-state index contributed by atoms with van der Waals surface area (Å²) in [6.45, 7) is 5.39. The molecule has 2 aliphatic rings. The summed E-state index contributed by atoms with van der Waals surface area (Å²) in [7, 11) is 1.64. The molecule has 2 amide bonds. The minimum atomic E-state index is -0.719. The van der Waals surface area contributed by atoms with Crippen LogP contribution in [0.3, 0.4) is 0 Å². The van der Waals surface area contributed by atoms with Gasteiger partial charge >= 0.3 is 6.09 Å². The summed E-state index contributed by atoms with van der Waals surface area (Å²) in [5.41, 5.74) is 0.0142. The lowest BCUT2D eigenvalue weighted by molar-refractivity contribution is -0.119. The molecule has 0 radical (unpaired) electrons. The van der Waals surface area contributed by atoms with Gasteiger partial charge in [-0.25, -0.2) is 13.6 Å². The number of benzene rings is 1. The summed E-state index contributed by atoms with van der Waals surface area (Å²) >= 11 is 0. The highest BCUT2D eigenvalue weighted by atomic mass is 19.1. The van der Waals surface area contributed by atoms with Crippen LogP contribution >= 0.6 is 0 Å². The molecule has 2 heterocycles. The molecule has 2 aliphatic heterocycles. The van der Waals surface area contributed by atoms with Crippen molar-refractivity contribution in [2.45, 2.75) is 13.0 Å². The van der Waals surface area contributed by atoms with Gasteiger partial charge in [-0.15, -0.1) is 0 Å². The van der Waals surface area contributed by atoms with E-state index >= 15 is 0 Å². The summed E-state index contributed by atoms with van der Waals surface area (Å²) < 4.78 is 39.8. The molecule has 0 aliphatic carbocycles. The Labute approximate surface area is 168 Å². The summed E-state index contributed by atoms with van der Waals surface area (Å²) in [6.07, 6.45) is -1.27. The lowest BCUT2D eigenvalue weighted by atomic mass is 10.2. The second-order valence-corrected chi connectivity index (χ2v) is 7.13. The molecule has 0 saturated carbocycles. The van der Waals surface area contributed by atoms with Crippen molar-refractivity contribution in [1.82, 2.24) is 10.2 Å². The number of nitrogens with zero attached hydrogens (tertiary/aromatic N) is 3. The number of anilines is 2. The molecule has 29 heavy (non-hydrogen) atoms. The second-order valence-electron chi connectivity index (χ2n) is 7.13. The third-order valence-corrected chi connectivity index (χ3v) is 5.07. The van der Waals surface area contributed by atoms with E-state index in [0.717, 1.165) is 18.7 Å². The van der Waals surface area contributed by atoms with Gasteiger partial charge in [0.25, 0.3) is 0 Å². The number of carbonyl (C=O) groups excluding carboxylic acids is 2. The Morgan fingerprint density at radius 1 is 1.24 bits per heavy atom. The van der Waals surface area contributed by atoms with Crippen molar-refractivity contribution in [2.75, 3.05) is 69.3 Å². The maximum atomic E-state index is 14.8. The van der Waals surface area contributed by atoms with Crippen molar-refractivity contribution in [3.05, 3.63) is 23.8 Å². The molecule has 2 saturated heterocycles. The number of piperazine rings is 1. The van der Waals surface area contributed by atoms with Crippen LogP contribution in [0.25, 0.3) is 0 Å². The fraction of sp³-hybridized carbons (Fsp3) is 0.579. The van der Waals surface area contributed by atoms with Crippen molar-refractivity contribution in [3.63, 3.8) is 0 Å². The maximum Gasteiger partial charge on any atom is 0.414 e. The van der Waals surface area contributed by atoms with E-state index in [9.17, 15) is 18.4 Å². The first-order valence-electron chi connectivity index (χ1n) is 9.57. The Morgan fingerprint density at radius 3 is 2.48 bits per heavy atom. The minimum Gasteiger partial charge on any atom is -0.442 e. The molecule has 1 unspecified atom stereocenters. The molecule has 160 valence electrons. The number of rotatable bonds is 7. The third kappa shape index (κ3) is 5.13. The molecule has 8 nitrogen and oxygen atoms in total. The summed E-state index contributed by atoms with van der Waals surface area (Å²) in [4.78, 5) is 28.1. The average molecular weight is 412 g/mol. The van der Waals surface area contributed by atoms with Crippen LogP contribution in [0.15, 0.2) is 12.1 Å². The number of amides is 2. The molecular weight excluding hydrogens is 386 g/mol. The Bertz CT molecular complexity index is 733. The van der Waals surface area contributed by atoms with E-state index in [1.165, 1.54) is 11.8 Å². The number of cyclic esters (lactones) is 1. The van der Waals surface area contributed by atoms with Gasteiger partial charge in [-0.3, -0.25) is 14.6 Å². The topological polar surface area (TPSA) is 74.3 Å². The van der Waals surface area contributed by atoms with Crippen LogP contribution in [-0.4, -0.2) is 82.5 Å². The third-order valence-electron chi connectivity index (χ3n) is 5.07. The maximum absolute atomic E-state index is 14.8. The minimum absolute atomic E-state index is 0.0810. The first kappa shape index (κ1) is 21.3. The van der Waals surface area contributed by atoms with Crippen LogP contribution in [0, 0.1) is 11.6 Å². The number of carbonyl (C=O) groups is 2. The first-order chi connectivity index (χ1) is 13.9. The first-order valence-corrected chi connectivity index (χ1v) is 9.57. The van der Waals surface area contributed by atoms with Gasteiger partial charge in [0.2, 0.25) is 5.91 Å². The van der Waals surface area contributed by atoms with Gasteiger partial charge in [0.05, 0.1) is 25.4 Å². The van der Waals surface area contributed by atoms with Crippen molar-refractivity contribution in [1.29, 1.82) is 0 Å². The molecule has 1 N–H and O–H groups in total. The molecule has 2 fully saturated rings. The highest BCUT2D eigenvalue weighted by Gasteiger charge is 2.34. The summed E-state index contributed by atoms with van der Waals surface area (Å²) in [5.74, 6) is -1.69. The van der Waals surface area contributed by atoms with E-state index in [-0.39, 0.29) is 30.4 Å². The van der Waals surface area contributed by atoms with Gasteiger partial charge in [-0.05, 0) is 0 Å². The molecule has 1 aromatic carbocycles. The molecule has 0 bridgehead atoms. The highest BCUT2D eigenvalue weighted by Crippen LogP contribution is 2.31. The second kappa shape index (κ2) is 9.36. The molecule has 0 spiro atoms. The highest BCUT2D eigenvalue weighted by molar-refractivity contribution is 5.90. The number of nitrogens with one attached hydrogen (secondary N) is 1. The van der Waals surface area contributed by atoms with E-state index in [2.05, 4.69) is 10.2 Å². The van der Waals surface area contributed by atoms with Crippen molar-refractivity contribution in [2.24, 2.45) is 0 Å². The van der Waals surface area contributed by atoms with Crippen molar-refractivity contribution >= 4 is 23.4 Å². The monoisotopic (exact) mass is 412 g/mol. The zero-order chi connectivity index (χ0) is 21.0. The van der Waals surface area contributed by atoms with Crippen LogP contribution in [0.2, 0.25) is 0 Å². The fourth-order valence-corrected chi connectivity index (χ4v) is 3.52. The SMILES string of the molecule is COCCN1CCN(c2c(F)cc(N3CC(CNC(C)=O)OC3=O)cc2F)CC1. The van der Waals surface area contributed by atoms with Gasteiger partial charge in [0, 0.05) is 58.9 Å². The standard InChI is InChI=1S/C19H26F2N4O4/c1-13(26)22-11-15-12-25(19(27)29-15)14-9-16(20)18(17(21)10-14)24-5-3-23(4-6-24)7-8-28-2/h9-10,15H,3-8,11-12H2,1-2H3,(H,22,26). The number of methoxy groups -OCH3 is 1. The molecule has 0 aromatic heterocycles. The predicted molar refractivity (Wildman–Crippen MR) is 103 cm³/mol. The molecule has 1 atom stereocenters. The Hall–Kier alpha value is -2.46. The number of halogens is 2. The van der Waals surface area contributed by atoms with Gasteiger partial charge in [-0.1, -0.05) is 0 Å². The van der Waals surface area contributed by atoms with E-state index in [1.807, 2.05) is 0 Å². The Kier molecular flexibility index (Phi) is 6.86. The zero-order valence-corrected chi connectivity index (χ0v) is 16.6. The van der Waals surface area contributed by atoms with Crippen LogP contribution in [0.1, 0.15) is 6.92 Å². The van der Waals surface area contributed by atoms with Gasteiger partial charge in [-0.2, -0.15) is 0 Å². The number of hydrogen-bond acceptors (Lipinski definition) is 6. The molecule has 3 rings (SSSR count). The van der Waals surface area contributed by atoms with Gasteiger partial charge < -0.3 is 19.7 Å². The fourth-order valence-electron chi connectivity index (χ4n) is 3.52. The smallest absolute Gasteiger partial charge is 0.414 e. The average Bonchev–Trinajstić information content (AvgIpc) is 3.06. The quantitative estimate of drug-likeness (QED) is 0.726. The largest absolute Gasteiger partial charge is 0.442 e. The normalized spacial score (nSPS) is 20.1. The summed E-state index contributed by atoms with van der Waals surface area (Å²) in [5, 5.41) is 2.56. The van der Waals surface area contributed by atoms with Gasteiger partial charge in [0.1, 0.15) is 11.8 Å². The lowest BCUT2D eigenvalue weighted by Gasteiger charge is -2.36. The van der Waals surface area contributed by atoms with Crippen molar-refractivity contribution < 1.29 is 27.8 Å². The van der Waals surface area contributed by atoms with Crippen LogP contribution in [0.5, 0.6) is 0 Å². The summed E-state index contributed by atoms with van der Waals surface area (Å²) in [6, 6.07) is 2.30. The van der Waals surface area contributed by atoms with E-state index < -0.39 is 23.8 Å².